The van der Waals surface area contributed by atoms with Gasteiger partial charge in [0.05, 0.1) is 13.4 Å². The predicted molar refractivity (Wildman–Crippen MR) is 82.6 cm³/mol. The first-order chi connectivity index (χ1) is 9.98. The summed E-state index contributed by atoms with van der Waals surface area (Å²) in [5.74, 6) is 2.46. The molecule has 1 aromatic heterocycles. The van der Waals surface area contributed by atoms with E-state index in [-0.39, 0.29) is 5.54 Å². The highest BCUT2D eigenvalue weighted by molar-refractivity contribution is 5.31. The molecule has 0 amide bonds. The highest BCUT2D eigenvalue weighted by Gasteiger charge is 2.12. The molecule has 0 unspecified atom stereocenters. The van der Waals surface area contributed by atoms with Gasteiger partial charge in [0.15, 0.2) is 0 Å². The molecule has 1 N–H and O–H groups in total. The van der Waals surface area contributed by atoms with Gasteiger partial charge in [-0.2, -0.15) is 0 Å². The van der Waals surface area contributed by atoms with Crippen molar-refractivity contribution in [2.24, 2.45) is 0 Å². The molecule has 1 aromatic carbocycles. The summed E-state index contributed by atoms with van der Waals surface area (Å²) in [4.78, 5) is 0. The SMILES string of the molecule is COc1ccc(OCc2occc2CNC(C)(C)C)cc1. The number of ether oxygens (including phenoxy) is 2. The number of hydrogen-bond donors (Lipinski definition) is 1. The highest BCUT2D eigenvalue weighted by atomic mass is 16.5. The van der Waals surface area contributed by atoms with Crippen LogP contribution in [0.3, 0.4) is 0 Å². The van der Waals surface area contributed by atoms with E-state index in [4.69, 9.17) is 13.9 Å². The zero-order valence-corrected chi connectivity index (χ0v) is 13.1. The van der Waals surface area contributed by atoms with E-state index in [2.05, 4.69) is 26.1 Å². The summed E-state index contributed by atoms with van der Waals surface area (Å²) < 4.78 is 16.4. The number of benzene rings is 1. The van der Waals surface area contributed by atoms with Gasteiger partial charge < -0.3 is 19.2 Å². The van der Waals surface area contributed by atoms with E-state index < -0.39 is 0 Å². The van der Waals surface area contributed by atoms with Crippen LogP contribution < -0.4 is 14.8 Å². The third-order valence-electron chi connectivity index (χ3n) is 3.08. The largest absolute Gasteiger partial charge is 0.497 e. The fourth-order valence-electron chi connectivity index (χ4n) is 1.83. The molecular formula is C17H23NO3. The molecule has 0 bridgehead atoms. The van der Waals surface area contributed by atoms with E-state index in [0.29, 0.717) is 6.61 Å². The van der Waals surface area contributed by atoms with Gasteiger partial charge in [0, 0.05) is 17.6 Å². The molecule has 4 nitrogen and oxygen atoms in total. The summed E-state index contributed by atoms with van der Waals surface area (Å²) >= 11 is 0. The maximum atomic E-state index is 5.75. The van der Waals surface area contributed by atoms with Gasteiger partial charge in [-0.1, -0.05) is 0 Å². The second-order valence-corrected chi connectivity index (χ2v) is 5.94. The Hall–Kier alpha value is -1.94. The van der Waals surface area contributed by atoms with Crippen LogP contribution in [0.25, 0.3) is 0 Å². The van der Waals surface area contributed by atoms with Crippen molar-refractivity contribution >= 4 is 0 Å². The van der Waals surface area contributed by atoms with Gasteiger partial charge in [-0.05, 0) is 51.1 Å². The lowest BCUT2D eigenvalue weighted by Crippen LogP contribution is -2.35. The van der Waals surface area contributed by atoms with Crippen molar-refractivity contribution in [1.82, 2.24) is 5.32 Å². The van der Waals surface area contributed by atoms with Crippen LogP contribution in [0.15, 0.2) is 41.0 Å². The Morgan fingerprint density at radius 1 is 1.05 bits per heavy atom. The Morgan fingerprint density at radius 3 is 2.33 bits per heavy atom. The quantitative estimate of drug-likeness (QED) is 0.879. The molecule has 21 heavy (non-hydrogen) atoms. The van der Waals surface area contributed by atoms with Crippen molar-refractivity contribution in [3.8, 4) is 11.5 Å². The molecule has 0 fully saturated rings. The summed E-state index contributed by atoms with van der Waals surface area (Å²) in [6.07, 6.45) is 1.70. The number of rotatable bonds is 6. The van der Waals surface area contributed by atoms with Crippen molar-refractivity contribution < 1.29 is 13.9 Å². The van der Waals surface area contributed by atoms with Crippen molar-refractivity contribution in [1.29, 1.82) is 0 Å². The summed E-state index contributed by atoms with van der Waals surface area (Å²) in [7, 11) is 1.65. The standard InChI is InChI=1S/C17H23NO3/c1-17(2,3)18-11-13-9-10-20-16(13)12-21-15-7-5-14(19-4)6-8-15/h5-10,18H,11-12H2,1-4H3. The Morgan fingerprint density at radius 2 is 1.71 bits per heavy atom. The fourth-order valence-corrected chi connectivity index (χ4v) is 1.83. The van der Waals surface area contributed by atoms with Crippen LogP contribution in [0, 0.1) is 0 Å². The molecule has 0 aliphatic rings. The Kier molecular flexibility index (Phi) is 4.91. The van der Waals surface area contributed by atoms with Gasteiger partial charge in [0.1, 0.15) is 23.9 Å². The number of methoxy groups -OCH3 is 1. The third kappa shape index (κ3) is 4.83. The number of nitrogens with one attached hydrogen (secondary N) is 1. The molecule has 0 spiro atoms. The Bertz CT molecular complexity index is 552. The lowest BCUT2D eigenvalue weighted by atomic mass is 10.1. The van der Waals surface area contributed by atoms with Crippen LogP contribution in [0.1, 0.15) is 32.1 Å². The molecule has 0 saturated carbocycles. The minimum Gasteiger partial charge on any atom is -0.497 e. The maximum Gasteiger partial charge on any atom is 0.146 e. The highest BCUT2D eigenvalue weighted by Crippen LogP contribution is 2.20. The van der Waals surface area contributed by atoms with Gasteiger partial charge >= 0.3 is 0 Å². The molecule has 0 radical (unpaired) electrons. The molecule has 0 saturated heterocycles. The zero-order chi connectivity index (χ0) is 15.3. The van der Waals surface area contributed by atoms with Gasteiger partial charge in [-0.15, -0.1) is 0 Å². The van der Waals surface area contributed by atoms with Crippen LogP contribution in [-0.2, 0) is 13.2 Å². The number of hydrogen-bond acceptors (Lipinski definition) is 4. The summed E-state index contributed by atoms with van der Waals surface area (Å²) in [5.41, 5.74) is 1.20. The molecule has 2 rings (SSSR count). The number of furan rings is 1. The van der Waals surface area contributed by atoms with E-state index in [9.17, 15) is 0 Å². The van der Waals surface area contributed by atoms with Crippen LogP contribution in [0.5, 0.6) is 11.5 Å². The van der Waals surface area contributed by atoms with Crippen LogP contribution in [-0.4, -0.2) is 12.6 Å². The normalized spacial score (nSPS) is 11.4. The van der Waals surface area contributed by atoms with Gasteiger partial charge in [0.2, 0.25) is 0 Å². The molecule has 114 valence electrons. The first kappa shape index (κ1) is 15.4. The minimum absolute atomic E-state index is 0.0748. The average molecular weight is 289 g/mol. The van der Waals surface area contributed by atoms with Crippen LogP contribution >= 0.6 is 0 Å². The van der Waals surface area contributed by atoms with Gasteiger partial charge in [0.25, 0.3) is 0 Å². The van der Waals surface area contributed by atoms with Crippen molar-refractivity contribution in [2.45, 2.75) is 39.5 Å². The van der Waals surface area contributed by atoms with E-state index in [1.165, 1.54) is 0 Å². The molecule has 0 aliphatic heterocycles. The minimum atomic E-state index is 0.0748. The summed E-state index contributed by atoms with van der Waals surface area (Å²) in [6.45, 7) is 7.60. The lowest BCUT2D eigenvalue weighted by molar-refractivity contribution is 0.267. The summed E-state index contributed by atoms with van der Waals surface area (Å²) in [6, 6.07) is 9.49. The van der Waals surface area contributed by atoms with Crippen LogP contribution in [0.2, 0.25) is 0 Å². The molecular weight excluding hydrogens is 266 g/mol. The van der Waals surface area contributed by atoms with E-state index in [1.807, 2.05) is 30.3 Å². The molecule has 2 aromatic rings. The molecule has 0 aliphatic carbocycles. The first-order valence-corrected chi connectivity index (χ1v) is 7.05. The second-order valence-electron chi connectivity index (χ2n) is 5.94. The van der Waals surface area contributed by atoms with Crippen molar-refractivity contribution in [3.05, 3.63) is 47.9 Å². The Labute approximate surface area is 126 Å². The Balaban J connectivity index is 1.92. The first-order valence-electron chi connectivity index (χ1n) is 7.05. The van der Waals surface area contributed by atoms with Crippen molar-refractivity contribution in [3.63, 3.8) is 0 Å². The third-order valence-corrected chi connectivity index (χ3v) is 3.08. The van der Waals surface area contributed by atoms with Gasteiger partial charge in [-0.3, -0.25) is 0 Å². The van der Waals surface area contributed by atoms with Crippen LogP contribution in [0.4, 0.5) is 0 Å². The molecule has 1 heterocycles. The predicted octanol–water partition coefficient (Wildman–Crippen LogP) is 3.76. The molecule has 4 heteroatoms. The topological polar surface area (TPSA) is 43.6 Å². The van der Waals surface area contributed by atoms with Gasteiger partial charge in [-0.25, -0.2) is 0 Å². The summed E-state index contributed by atoms with van der Waals surface area (Å²) in [5, 5.41) is 3.45. The maximum absolute atomic E-state index is 5.75. The monoisotopic (exact) mass is 289 g/mol. The average Bonchev–Trinajstić information content (AvgIpc) is 2.90. The second kappa shape index (κ2) is 6.68. The van der Waals surface area contributed by atoms with E-state index in [1.54, 1.807) is 13.4 Å². The molecule has 0 atom stereocenters. The van der Waals surface area contributed by atoms with E-state index >= 15 is 0 Å². The van der Waals surface area contributed by atoms with Crippen molar-refractivity contribution in [2.75, 3.05) is 7.11 Å². The van der Waals surface area contributed by atoms with E-state index in [0.717, 1.165) is 29.4 Å². The zero-order valence-electron chi connectivity index (χ0n) is 13.1. The lowest BCUT2D eigenvalue weighted by Gasteiger charge is -2.20. The smallest absolute Gasteiger partial charge is 0.146 e. The fraction of sp³-hybridized carbons (Fsp3) is 0.412.